The summed E-state index contributed by atoms with van der Waals surface area (Å²) in [5.74, 6) is 0.513. The van der Waals surface area contributed by atoms with Crippen molar-refractivity contribution in [2.45, 2.75) is 18.4 Å². The van der Waals surface area contributed by atoms with Crippen molar-refractivity contribution in [3.05, 3.63) is 59.7 Å². The summed E-state index contributed by atoms with van der Waals surface area (Å²) in [7, 11) is -2.28. The molecule has 0 aliphatic rings. The largest absolute Gasteiger partial charge is 0.497 e. The second kappa shape index (κ2) is 7.22. The molecular weight excluding hydrogens is 361 g/mol. The average Bonchev–Trinajstić information content (AvgIpc) is 3.11. The van der Waals surface area contributed by atoms with Crippen LogP contribution >= 0.6 is 0 Å². The van der Waals surface area contributed by atoms with Gasteiger partial charge in [0.15, 0.2) is 0 Å². The van der Waals surface area contributed by atoms with Crippen molar-refractivity contribution in [1.82, 2.24) is 14.9 Å². The van der Waals surface area contributed by atoms with E-state index in [2.05, 4.69) is 14.9 Å². The number of benzene rings is 2. The van der Waals surface area contributed by atoms with Crippen molar-refractivity contribution in [1.29, 1.82) is 0 Å². The third-order valence-electron chi connectivity index (χ3n) is 3.64. The number of sulfonamides is 1. The molecule has 0 bridgehead atoms. The molecule has 0 amide bonds. The summed E-state index contributed by atoms with van der Waals surface area (Å²) in [4.78, 5) is -0.0380. The van der Waals surface area contributed by atoms with Crippen molar-refractivity contribution in [2.75, 3.05) is 7.11 Å². The molecule has 0 spiro atoms. The van der Waals surface area contributed by atoms with Gasteiger partial charge in [-0.15, -0.1) is 10.2 Å². The summed E-state index contributed by atoms with van der Waals surface area (Å²) >= 11 is 0. The highest BCUT2D eigenvalue weighted by Gasteiger charge is 2.17. The molecule has 0 saturated heterocycles. The average molecular weight is 377 g/mol. The number of ether oxygens (including phenoxy) is 1. The molecule has 3 rings (SSSR count). The zero-order chi connectivity index (χ0) is 18.7. The van der Waals surface area contributed by atoms with Crippen molar-refractivity contribution in [3.63, 3.8) is 0 Å². The summed E-state index contributed by atoms with van der Waals surface area (Å²) in [6.45, 7) is 1.31. The van der Waals surface area contributed by atoms with Crippen molar-refractivity contribution < 1.29 is 22.0 Å². The lowest BCUT2D eigenvalue weighted by molar-refractivity contribution is 0.414. The Kier molecular flexibility index (Phi) is 5.01. The molecule has 0 fully saturated rings. The molecule has 7 nitrogen and oxygen atoms in total. The van der Waals surface area contributed by atoms with Gasteiger partial charge in [0.2, 0.25) is 21.8 Å². The maximum atomic E-state index is 13.3. The van der Waals surface area contributed by atoms with E-state index in [4.69, 9.17) is 9.15 Å². The van der Waals surface area contributed by atoms with Crippen LogP contribution in [0.15, 0.2) is 51.8 Å². The monoisotopic (exact) mass is 377 g/mol. The van der Waals surface area contributed by atoms with E-state index in [0.717, 1.165) is 6.07 Å². The molecule has 0 aliphatic carbocycles. The van der Waals surface area contributed by atoms with Crippen LogP contribution in [0.5, 0.6) is 5.75 Å². The number of hydrogen-bond donors (Lipinski definition) is 1. The van der Waals surface area contributed by atoms with Gasteiger partial charge in [-0.25, -0.2) is 17.5 Å². The standard InChI is InChI=1S/C17H16FN3O4S/c1-11-8-14(6-7-15(11)18)26(22,23)19-10-16-20-21-17(25-16)12-4-3-5-13(9-12)24-2/h3-9,19H,10H2,1-2H3. The molecule has 0 unspecified atom stereocenters. The Bertz CT molecular complexity index is 1030. The van der Waals surface area contributed by atoms with Crippen molar-refractivity contribution >= 4 is 10.0 Å². The van der Waals surface area contributed by atoms with Gasteiger partial charge in [0.25, 0.3) is 0 Å². The number of aryl methyl sites for hydroxylation is 1. The molecule has 1 N–H and O–H groups in total. The minimum atomic E-state index is -3.83. The fraction of sp³-hybridized carbons (Fsp3) is 0.176. The molecule has 9 heteroatoms. The molecule has 136 valence electrons. The first kappa shape index (κ1) is 18.0. The number of aromatic nitrogens is 2. The molecule has 3 aromatic rings. The first-order chi connectivity index (χ1) is 12.4. The maximum Gasteiger partial charge on any atom is 0.247 e. The van der Waals surface area contributed by atoms with Gasteiger partial charge >= 0.3 is 0 Å². The zero-order valence-corrected chi connectivity index (χ0v) is 14.9. The van der Waals surface area contributed by atoms with Crippen molar-refractivity contribution in [3.8, 4) is 17.2 Å². The molecule has 0 saturated carbocycles. The van der Waals surface area contributed by atoms with Crippen LogP contribution in [0, 0.1) is 12.7 Å². The highest BCUT2D eigenvalue weighted by molar-refractivity contribution is 7.89. The Labute approximate surface area is 149 Å². The van der Waals surface area contributed by atoms with E-state index in [1.165, 1.54) is 19.1 Å². The van der Waals surface area contributed by atoms with Gasteiger partial charge in [-0.3, -0.25) is 0 Å². The molecule has 26 heavy (non-hydrogen) atoms. The highest BCUT2D eigenvalue weighted by atomic mass is 32.2. The molecule has 0 radical (unpaired) electrons. The van der Waals surface area contributed by atoms with Gasteiger partial charge in [0, 0.05) is 5.56 Å². The summed E-state index contributed by atoms with van der Waals surface area (Å²) in [6, 6.07) is 10.6. The van der Waals surface area contributed by atoms with Crippen LogP contribution in [0.1, 0.15) is 11.5 Å². The van der Waals surface area contributed by atoms with E-state index in [1.54, 1.807) is 31.4 Å². The number of rotatable bonds is 6. The highest BCUT2D eigenvalue weighted by Crippen LogP contribution is 2.22. The SMILES string of the molecule is COc1cccc(-c2nnc(CNS(=O)(=O)c3ccc(F)c(C)c3)o2)c1. The van der Waals surface area contributed by atoms with E-state index >= 15 is 0 Å². The Hall–Kier alpha value is -2.78. The van der Waals surface area contributed by atoms with Crippen LogP contribution in [0.25, 0.3) is 11.5 Å². The van der Waals surface area contributed by atoms with Crippen LogP contribution in [0.3, 0.4) is 0 Å². The summed E-state index contributed by atoms with van der Waals surface area (Å²) in [5, 5.41) is 7.74. The van der Waals surface area contributed by atoms with Crippen LogP contribution in [-0.2, 0) is 16.6 Å². The molecule has 0 aliphatic heterocycles. The fourth-order valence-electron chi connectivity index (χ4n) is 2.22. The Morgan fingerprint density at radius 1 is 1.19 bits per heavy atom. The van der Waals surface area contributed by atoms with Gasteiger partial charge in [0.1, 0.15) is 11.6 Å². The summed E-state index contributed by atoms with van der Waals surface area (Å²) in [5.41, 5.74) is 0.895. The predicted octanol–water partition coefficient (Wildman–Crippen LogP) is 2.67. The smallest absolute Gasteiger partial charge is 0.247 e. The Balaban J connectivity index is 1.74. The first-order valence-corrected chi connectivity index (χ1v) is 9.10. The van der Waals surface area contributed by atoms with E-state index in [1.807, 2.05) is 0 Å². The number of nitrogens with one attached hydrogen (secondary N) is 1. The molecule has 1 aromatic heterocycles. The second-order valence-electron chi connectivity index (χ2n) is 5.47. The molecular formula is C17H16FN3O4S. The third kappa shape index (κ3) is 3.89. The van der Waals surface area contributed by atoms with Gasteiger partial charge in [-0.2, -0.15) is 0 Å². The topological polar surface area (TPSA) is 94.3 Å². The van der Waals surface area contributed by atoms with Crippen LogP contribution in [0.4, 0.5) is 4.39 Å². The minimum Gasteiger partial charge on any atom is -0.497 e. The number of nitrogens with zero attached hydrogens (tertiary/aromatic N) is 2. The Morgan fingerprint density at radius 3 is 2.73 bits per heavy atom. The zero-order valence-electron chi connectivity index (χ0n) is 14.1. The molecule has 2 aromatic carbocycles. The van der Waals surface area contributed by atoms with Crippen LogP contribution < -0.4 is 9.46 Å². The van der Waals surface area contributed by atoms with E-state index in [0.29, 0.717) is 11.3 Å². The quantitative estimate of drug-likeness (QED) is 0.710. The van der Waals surface area contributed by atoms with E-state index < -0.39 is 15.8 Å². The lowest BCUT2D eigenvalue weighted by Crippen LogP contribution is -2.23. The van der Waals surface area contributed by atoms with Gasteiger partial charge in [-0.1, -0.05) is 6.07 Å². The van der Waals surface area contributed by atoms with E-state index in [9.17, 15) is 12.8 Å². The number of hydrogen-bond acceptors (Lipinski definition) is 6. The summed E-state index contributed by atoms with van der Waals surface area (Å²) in [6.07, 6.45) is 0. The van der Waals surface area contributed by atoms with Crippen LogP contribution in [0.2, 0.25) is 0 Å². The van der Waals surface area contributed by atoms with Gasteiger partial charge in [0.05, 0.1) is 18.6 Å². The molecule has 1 heterocycles. The van der Waals surface area contributed by atoms with Gasteiger partial charge in [-0.05, 0) is 48.9 Å². The van der Waals surface area contributed by atoms with Crippen molar-refractivity contribution in [2.24, 2.45) is 0 Å². The Morgan fingerprint density at radius 2 is 2.00 bits per heavy atom. The van der Waals surface area contributed by atoms with E-state index in [-0.39, 0.29) is 28.8 Å². The molecule has 0 atom stereocenters. The third-order valence-corrected chi connectivity index (χ3v) is 5.04. The second-order valence-corrected chi connectivity index (χ2v) is 7.24. The first-order valence-electron chi connectivity index (χ1n) is 7.61. The lowest BCUT2D eigenvalue weighted by Gasteiger charge is -2.06. The van der Waals surface area contributed by atoms with Gasteiger partial charge < -0.3 is 9.15 Å². The normalized spacial score (nSPS) is 11.5. The number of methoxy groups -OCH3 is 1. The number of halogens is 1. The van der Waals surface area contributed by atoms with Crippen LogP contribution in [-0.4, -0.2) is 25.7 Å². The summed E-state index contributed by atoms with van der Waals surface area (Å²) < 4.78 is 50.8. The minimum absolute atomic E-state index is 0.0380. The lowest BCUT2D eigenvalue weighted by atomic mass is 10.2. The maximum absolute atomic E-state index is 13.3. The fourth-order valence-corrected chi connectivity index (χ4v) is 3.28. The predicted molar refractivity (Wildman–Crippen MR) is 91.4 cm³/mol.